The molecule has 1 rings (SSSR count). The first-order valence-electron chi connectivity index (χ1n) is 6.80. The Balaban J connectivity index is 2.20. The van der Waals surface area contributed by atoms with Crippen molar-refractivity contribution >= 4 is 23.4 Å². The molecule has 0 amide bonds. The Morgan fingerprint density at radius 2 is 1.78 bits per heavy atom. The monoisotopic (exact) mass is 267 g/mol. The fourth-order valence-electron chi connectivity index (χ4n) is 1.65. The van der Waals surface area contributed by atoms with Crippen LogP contribution in [0.15, 0.2) is 18.2 Å². The first-order chi connectivity index (χ1) is 8.86. The molecule has 102 valence electrons. The molecule has 4 heteroatoms. The first-order valence-corrected chi connectivity index (χ1v) is 8.20. The fraction of sp³-hybridized carbons (Fsp3) is 0.643. The summed E-state index contributed by atoms with van der Waals surface area (Å²) in [7, 11) is 0. The van der Waals surface area contributed by atoms with Gasteiger partial charge in [0.2, 0.25) is 0 Å². The molecule has 1 heterocycles. The van der Waals surface area contributed by atoms with E-state index in [1.54, 1.807) is 0 Å². The van der Waals surface area contributed by atoms with Crippen LogP contribution in [0.5, 0.6) is 0 Å². The van der Waals surface area contributed by atoms with Crippen molar-refractivity contribution < 1.29 is 0 Å². The summed E-state index contributed by atoms with van der Waals surface area (Å²) in [5.41, 5.74) is 0. The number of hydrogen-bond acceptors (Lipinski definition) is 4. The Bertz CT molecular complexity index is 318. The van der Waals surface area contributed by atoms with Gasteiger partial charge in [-0.25, -0.2) is 4.98 Å². The van der Waals surface area contributed by atoms with Crippen LogP contribution in [0, 0.1) is 0 Å². The maximum atomic E-state index is 4.52. The zero-order valence-corrected chi connectivity index (χ0v) is 12.4. The average Bonchev–Trinajstić information content (AvgIpc) is 2.41. The number of nitrogens with zero attached hydrogens (tertiary/aromatic N) is 1. The van der Waals surface area contributed by atoms with E-state index in [4.69, 9.17) is 0 Å². The van der Waals surface area contributed by atoms with E-state index in [0.717, 1.165) is 31.1 Å². The standard InChI is InChI=1S/C14H25N3S/c1-3-10-15-13-8-7-9-14(17-13)16-11-5-4-6-12-18-2/h7-9H,3-6,10-12H2,1-2H3,(H2,15,16,17). The molecule has 0 unspecified atom stereocenters. The van der Waals surface area contributed by atoms with E-state index in [2.05, 4.69) is 28.8 Å². The zero-order chi connectivity index (χ0) is 13.1. The number of nitrogens with one attached hydrogen (secondary N) is 2. The molecule has 3 nitrogen and oxygen atoms in total. The highest BCUT2D eigenvalue weighted by molar-refractivity contribution is 7.98. The van der Waals surface area contributed by atoms with Gasteiger partial charge in [-0.2, -0.15) is 11.8 Å². The number of aromatic nitrogens is 1. The van der Waals surface area contributed by atoms with Gasteiger partial charge in [0.05, 0.1) is 0 Å². The molecule has 0 aliphatic rings. The van der Waals surface area contributed by atoms with Crippen LogP contribution in [0.3, 0.4) is 0 Å². The van der Waals surface area contributed by atoms with Gasteiger partial charge in [-0.15, -0.1) is 0 Å². The summed E-state index contributed by atoms with van der Waals surface area (Å²) in [5.74, 6) is 3.21. The Morgan fingerprint density at radius 3 is 2.44 bits per heavy atom. The molecule has 0 saturated carbocycles. The van der Waals surface area contributed by atoms with E-state index in [-0.39, 0.29) is 0 Å². The molecule has 0 bridgehead atoms. The van der Waals surface area contributed by atoms with Gasteiger partial charge in [0.25, 0.3) is 0 Å². The third kappa shape index (κ3) is 6.74. The number of unbranched alkanes of at least 4 members (excludes halogenated alkanes) is 2. The second-order valence-corrected chi connectivity index (χ2v) is 5.30. The third-order valence-corrected chi connectivity index (χ3v) is 3.33. The molecule has 0 saturated heterocycles. The quantitative estimate of drug-likeness (QED) is 0.631. The van der Waals surface area contributed by atoms with Crippen LogP contribution < -0.4 is 10.6 Å². The molecule has 1 aromatic heterocycles. The van der Waals surface area contributed by atoms with Crippen molar-refractivity contribution in [2.75, 3.05) is 35.7 Å². The summed E-state index contributed by atoms with van der Waals surface area (Å²) < 4.78 is 0. The van der Waals surface area contributed by atoms with Crippen molar-refractivity contribution in [3.05, 3.63) is 18.2 Å². The highest BCUT2D eigenvalue weighted by Gasteiger charge is 1.96. The first kappa shape index (κ1) is 15.2. The molecule has 2 N–H and O–H groups in total. The van der Waals surface area contributed by atoms with Crippen molar-refractivity contribution in [1.82, 2.24) is 4.98 Å². The van der Waals surface area contributed by atoms with E-state index in [1.807, 2.05) is 30.0 Å². The van der Waals surface area contributed by atoms with Crippen molar-refractivity contribution in [2.24, 2.45) is 0 Å². The lowest BCUT2D eigenvalue weighted by molar-refractivity contribution is 0.748. The van der Waals surface area contributed by atoms with Crippen molar-refractivity contribution in [3.63, 3.8) is 0 Å². The second-order valence-electron chi connectivity index (χ2n) is 4.32. The van der Waals surface area contributed by atoms with Gasteiger partial charge in [0.1, 0.15) is 11.6 Å². The molecular weight excluding hydrogens is 242 g/mol. The smallest absolute Gasteiger partial charge is 0.128 e. The Kier molecular flexibility index (Phi) is 8.47. The predicted molar refractivity (Wildman–Crippen MR) is 83.7 cm³/mol. The minimum atomic E-state index is 0.962. The van der Waals surface area contributed by atoms with Crippen LogP contribution in [-0.2, 0) is 0 Å². The molecule has 0 aliphatic heterocycles. The van der Waals surface area contributed by atoms with Crippen molar-refractivity contribution in [1.29, 1.82) is 0 Å². The minimum absolute atomic E-state index is 0.962. The van der Waals surface area contributed by atoms with E-state index in [0.29, 0.717) is 0 Å². The zero-order valence-electron chi connectivity index (χ0n) is 11.5. The van der Waals surface area contributed by atoms with Gasteiger partial charge in [0.15, 0.2) is 0 Å². The number of pyridine rings is 1. The van der Waals surface area contributed by atoms with Gasteiger partial charge >= 0.3 is 0 Å². The lowest BCUT2D eigenvalue weighted by Gasteiger charge is -2.08. The average molecular weight is 267 g/mol. The van der Waals surface area contributed by atoms with Crippen molar-refractivity contribution in [2.45, 2.75) is 32.6 Å². The SMILES string of the molecule is CCCNc1cccc(NCCCCCSC)n1. The van der Waals surface area contributed by atoms with Gasteiger partial charge in [0, 0.05) is 13.1 Å². The molecular formula is C14H25N3S. The maximum Gasteiger partial charge on any atom is 0.128 e. The van der Waals surface area contributed by atoms with Gasteiger partial charge in [-0.05, 0) is 43.4 Å². The number of anilines is 2. The normalized spacial score (nSPS) is 10.3. The Morgan fingerprint density at radius 1 is 1.06 bits per heavy atom. The van der Waals surface area contributed by atoms with Crippen molar-refractivity contribution in [3.8, 4) is 0 Å². The summed E-state index contributed by atoms with van der Waals surface area (Å²) >= 11 is 1.92. The fourth-order valence-corrected chi connectivity index (χ4v) is 2.14. The molecule has 0 aliphatic carbocycles. The van der Waals surface area contributed by atoms with E-state index < -0.39 is 0 Å². The summed E-state index contributed by atoms with van der Waals surface area (Å²) in [6.45, 7) is 4.15. The third-order valence-electron chi connectivity index (χ3n) is 2.64. The van der Waals surface area contributed by atoms with Crippen LogP contribution in [-0.4, -0.2) is 30.1 Å². The summed E-state index contributed by atoms with van der Waals surface area (Å²) in [6.07, 6.45) is 7.11. The van der Waals surface area contributed by atoms with Crippen LogP contribution in [0.25, 0.3) is 0 Å². The van der Waals surface area contributed by atoms with E-state index >= 15 is 0 Å². The Labute approximate surface area is 115 Å². The highest BCUT2D eigenvalue weighted by atomic mass is 32.2. The number of thioether (sulfide) groups is 1. The van der Waals surface area contributed by atoms with Gasteiger partial charge in [-0.1, -0.05) is 19.4 Å². The second kappa shape index (κ2) is 10.1. The predicted octanol–water partition coefficient (Wildman–Crippen LogP) is 3.85. The molecule has 0 spiro atoms. The molecule has 1 aromatic rings. The van der Waals surface area contributed by atoms with Gasteiger partial charge < -0.3 is 10.6 Å². The van der Waals surface area contributed by atoms with Crippen LogP contribution >= 0.6 is 11.8 Å². The summed E-state index contributed by atoms with van der Waals surface area (Å²) in [5, 5.41) is 6.68. The molecule has 0 aromatic carbocycles. The molecule has 0 fully saturated rings. The van der Waals surface area contributed by atoms with E-state index in [1.165, 1.54) is 25.0 Å². The molecule has 18 heavy (non-hydrogen) atoms. The number of hydrogen-bond donors (Lipinski definition) is 2. The van der Waals surface area contributed by atoms with Crippen LogP contribution in [0.2, 0.25) is 0 Å². The highest BCUT2D eigenvalue weighted by Crippen LogP contribution is 2.09. The lowest BCUT2D eigenvalue weighted by atomic mass is 10.2. The minimum Gasteiger partial charge on any atom is -0.370 e. The molecule has 0 radical (unpaired) electrons. The van der Waals surface area contributed by atoms with Crippen LogP contribution in [0.4, 0.5) is 11.6 Å². The van der Waals surface area contributed by atoms with E-state index in [9.17, 15) is 0 Å². The lowest BCUT2D eigenvalue weighted by Crippen LogP contribution is -2.06. The number of rotatable bonds is 10. The summed E-state index contributed by atoms with van der Waals surface area (Å²) in [4.78, 5) is 4.52. The largest absolute Gasteiger partial charge is 0.370 e. The maximum absolute atomic E-state index is 4.52. The topological polar surface area (TPSA) is 37.0 Å². The summed E-state index contributed by atoms with van der Waals surface area (Å²) in [6, 6.07) is 6.08. The Hall–Kier alpha value is -0.900. The van der Waals surface area contributed by atoms with Gasteiger partial charge in [-0.3, -0.25) is 0 Å². The molecule has 0 atom stereocenters. The van der Waals surface area contributed by atoms with Crippen LogP contribution in [0.1, 0.15) is 32.6 Å².